The molecule has 1 aliphatic rings. The molecule has 0 spiro atoms. The second-order valence-electron chi connectivity index (χ2n) is 7.56. The fraction of sp³-hybridized carbons (Fsp3) is 0.524. The van der Waals surface area contributed by atoms with Crippen LogP contribution in [-0.4, -0.2) is 61.3 Å². The molecular weight excluding hydrogens is 488 g/mol. The average Bonchev–Trinajstić information content (AvgIpc) is 2.71. The van der Waals surface area contributed by atoms with Crippen LogP contribution in [-0.2, 0) is 19.1 Å². The Labute approximate surface area is 198 Å². The number of aliphatic hydroxyl groups is 1. The lowest BCUT2D eigenvalue weighted by Gasteiger charge is -2.34. The molecule has 0 radical (unpaired) electrons. The van der Waals surface area contributed by atoms with E-state index in [9.17, 15) is 32.3 Å². The average molecular weight is 513 g/mol. The van der Waals surface area contributed by atoms with Gasteiger partial charge in [0.15, 0.2) is 6.61 Å². The Morgan fingerprint density at radius 1 is 1.21 bits per heavy atom. The van der Waals surface area contributed by atoms with Gasteiger partial charge >= 0.3 is 6.36 Å². The molecule has 1 fully saturated rings. The van der Waals surface area contributed by atoms with E-state index in [1.807, 2.05) is 0 Å². The van der Waals surface area contributed by atoms with Gasteiger partial charge in [-0.25, -0.2) is 4.39 Å². The van der Waals surface area contributed by atoms with E-state index < -0.39 is 48.9 Å². The molecule has 1 aliphatic carbocycles. The number of aliphatic hydroxyl groups excluding tert-OH is 1. The summed E-state index contributed by atoms with van der Waals surface area (Å²) in [6, 6.07) is 2.91. The van der Waals surface area contributed by atoms with Crippen LogP contribution in [0, 0.1) is 5.82 Å². The third kappa shape index (κ3) is 10.1. The van der Waals surface area contributed by atoms with Crippen molar-refractivity contribution in [3.05, 3.63) is 41.4 Å². The zero-order valence-electron chi connectivity index (χ0n) is 18.0. The second kappa shape index (κ2) is 12.8. The highest BCUT2D eigenvalue weighted by atomic mass is 35.5. The van der Waals surface area contributed by atoms with Gasteiger partial charge in [0, 0.05) is 25.5 Å². The monoisotopic (exact) mass is 512 g/mol. The van der Waals surface area contributed by atoms with Gasteiger partial charge < -0.3 is 25.2 Å². The van der Waals surface area contributed by atoms with Crippen LogP contribution in [0.25, 0.3) is 0 Å². The molecule has 0 aromatic heterocycles. The highest BCUT2D eigenvalue weighted by Crippen LogP contribution is 2.32. The van der Waals surface area contributed by atoms with Crippen LogP contribution in [0.15, 0.2) is 30.5 Å². The molecule has 8 nitrogen and oxygen atoms in total. The highest BCUT2D eigenvalue weighted by Gasteiger charge is 2.40. The normalized spacial score (nSPS) is 18.5. The number of halogens is 5. The van der Waals surface area contributed by atoms with Crippen LogP contribution in [0.1, 0.15) is 25.7 Å². The summed E-state index contributed by atoms with van der Waals surface area (Å²) in [5.41, 5.74) is 0. The molecule has 13 heteroatoms. The van der Waals surface area contributed by atoms with Gasteiger partial charge in [-0.05, 0) is 25.0 Å². The van der Waals surface area contributed by atoms with Gasteiger partial charge in [-0.1, -0.05) is 18.2 Å². The van der Waals surface area contributed by atoms with E-state index in [1.54, 1.807) is 0 Å². The largest absolute Gasteiger partial charge is 0.522 e. The lowest BCUT2D eigenvalue weighted by molar-refractivity contribution is -0.357. The van der Waals surface area contributed by atoms with E-state index >= 15 is 0 Å². The van der Waals surface area contributed by atoms with Crippen molar-refractivity contribution in [2.75, 3.05) is 19.8 Å². The Bertz CT molecular complexity index is 864. The molecule has 34 heavy (non-hydrogen) atoms. The first-order valence-corrected chi connectivity index (χ1v) is 10.7. The molecule has 3 N–H and O–H groups in total. The van der Waals surface area contributed by atoms with Gasteiger partial charge in [-0.2, -0.15) is 0 Å². The van der Waals surface area contributed by atoms with Crippen molar-refractivity contribution in [1.82, 2.24) is 10.6 Å². The molecule has 0 heterocycles. The van der Waals surface area contributed by atoms with Gasteiger partial charge in [-0.3, -0.25) is 14.3 Å². The number of benzene rings is 1. The van der Waals surface area contributed by atoms with Crippen LogP contribution in [0.5, 0.6) is 5.75 Å². The number of amides is 2. The quantitative estimate of drug-likeness (QED) is 0.212. The Morgan fingerprint density at radius 2 is 1.91 bits per heavy atom. The van der Waals surface area contributed by atoms with Crippen molar-refractivity contribution in [2.24, 2.45) is 0 Å². The van der Waals surface area contributed by atoms with E-state index in [4.69, 9.17) is 21.1 Å². The minimum absolute atomic E-state index is 0.0590. The molecule has 1 unspecified atom stereocenters. The van der Waals surface area contributed by atoms with Crippen LogP contribution < -0.4 is 15.4 Å². The molecule has 190 valence electrons. The SMILES string of the molecule is C=C(O)C(CCCNC(=O)CO[C@H]1C[C@@H](OC(F)(F)F)C1)NC(=O)COc1ccc(Cl)c(F)c1. The molecule has 2 amide bonds. The number of nitrogens with one attached hydrogen (secondary N) is 2. The molecule has 1 aromatic carbocycles. The van der Waals surface area contributed by atoms with Crippen LogP contribution in [0.2, 0.25) is 5.02 Å². The van der Waals surface area contributed by atoms with Crippen molar-refractivity contribution in [3.8, 4) is 5.75 Å². The van der Waals surface area contributed by atoms with Crippen molar-refractivity contribution in [2.45, 2.75) is 50.3 Å². The minimum atomic E-state index is -4.69. The van der Waals surface area contributed by atoms with Crippen molar-refractivity contribution in [3.63, 3.8) is 0 Å². The minimum Gasteiger partial charge on any atom is -0.511 e. The topological polar surface area (TPSA) is 106 Å². The van der Waals surface area contributed by atoms with Crippen molar-refractivity contribution >= 4 is 23.4 Å². The first kappa shape index (κ1) is 27.7. The molecule has 1 atom stereocenters. The number of alkyl halides is 3. The van der Waals surface area contributed by atoms with E-state index in [0.717, 1.165) is 6.07 Å². The summed E-state index contributed by atoms with van der Waals surface area (Å²) in [5.74, 6) is -1.91. The molecule has 1 aromatic rings. The third-order valence-corrected chi connectivity index (χ3v) is 5.10. The number of hydrogen-bond acceptors (Lipinski definition) is 6. The number of hydrogen-bond donors (Lipinski definition) is 3. The van der Waals surface area contributed by atoms with Gasteiger partial charge in [0.2, 0.25) is 5.91 Å². The fourth-order valence-corrected chi connectivity index (χ4v) is 3.11. The summed E-state index contributed by atoms with van der Waals surface area (Å²) < 4.78 is 63.8. The van der Waals surface area contributed by atoms with Crippen LogP contribution in [0.3, 0.4) is 0 Å². The molecule has 1 saturated carbocycles. The van der Waals surface area contributed by atoms with Crippen molar-refractivity contribution < 1.29 is 46.5 Å². The molecule has 0 aliphatic heterocycles. The Balaban J connectivity index is 1.59. The van der Waals surface area contributed by atoms with E-state index in [-0.39, 0.29) is 48.9 Å². The predicted octanol–water partition coefficient (Wildman–Crippen LogP) is 3.39. The Kier molecular flexibility index (Phi) is 10.4. The molecular formula is C21H25ClF4N2O6. The number of carbonyl (C=O) groups is 2. The number of carbonyl (C=O) groups excluding carboxylic acids is 2. The van der Waals surface area contributed by atoms with Gasteiger partial charge in [-0.15, -0.1) is 13.2 Å². The van der Waals surface area contributed by atoms with Gasteiger partial charge in [0.25, 0.3) is 5.91 Å². The Morgan fingerprint density at radius 3 is 2.53 bits per heavy atom. The summed E-state index contributed by atoms with van der Waals surface area (Å²) >= 11 is 5.57. The maximum Gasteiger partial charge on any atom is 0.522 e. The Hall–Kier alpha value is -2.57. The zero-order valence-corrected chi connectivity index (χ0v) is 18.8. The third-order valence-electron chi connectivity index (χ3n) is 4.79. The predicted molar refractivity (Wildman–Crippen MR) is 113 cm³/mol. The van der Waals surface area contributed by atoms with Crippen molar-refractivity contribution in [1.29, 1.82) is 0 Å². The molecule has 0 saturated heterocycles. The number of rotatable bonds is 13. The zero-order chi connectivity index (χ0) is 25.3. The van der Waals surface area contributed by atoms with Crippen LogP contribution >= 0.6 is 11.6 Å². The summed E-state index contributed by atoms with van der Waals surface area (Å²) in [4.78, 5) is 23.8. The first-order valence-electron chi connectivity index (χ1n) is 10.3. The molecule has 2 rings (SSSR count). The van der Waals surface area contributed by atoms with E-state index in [2.05, 4.69) is 21.9 Å². The van der Waals surface area contributed by atoms with Gasteiger partial charge in [0.05, 0.1) is 23.3 Å². The summed E-state index contributed by atoms with van der Waals surface area (Å²) in [6.07, 6.45) is -5.38. The van der Waals surface area contributed by atoms with Gasteiger partial charge in [0.1, 0.15) is 23.9 Å². The first-order chi connectivity index (χ1) is 15.9. The lowest BCUT2D eigenvalue weighted by Crippen LogP contribution is -2.42. The standard InChI is InChI=1S/C21H25ClF4N2O6/c1-12(29)18(28-20(31)11-32-13-4-5-16(22)17(23)9-13)3-2-6-27-19(30)10-33-14-7-15(8-14)34-21(24,25)26/h4-5,9,14-15,18,29H,1-3,6-8,10-11H2,(H,27,30)(H,28,31)/t14-,15+,18?. The second-order valence-corrected chi connectivity index (χ2v) is 7.97. The lowest BCUT2D eigenvalue weighted by atomic mass is 9.92. The summed E-state index contributed by atoms with van der Waals surface area (Å²) in [6.45, 7) is 2.86. The maximum absolute atomic E-state index is 13.4. The summed E-state index contributed by atoms with van der Waals surface area (Å²) in [5, 5.41) is 14.7. The maximum atomic E-state index is 13.4. The van der Waals surface area contributed by atoms with E-state index in [1.165, 1.54) is 12.1 Å². The van der Waals surface area contributed by atoms with E-state index in [0.29, 0.717) is 6.42 Å². The highest BCUT2D eigenvalue weighted by molar-refractivity contribution is 6.30. The summed E-state index contributed by atoms with van der Waals surface area (Å²) in [7, 11) is 0. The smallest absolute Gasteiger partial charge is 0.511 e. The fourth-order valence-electron chi connectivity index (χ4n) is 2.99. The van der Waals surface area contributed by atoms with Crippen LogP contribution in [0.4, 0.5) is 17.6 Å². The molecule has 0 bridgehead atoms. The number of ether oxygens (including phenoxy) is 3.